The molecule has 1 aromatic carbocycles. The van der Waals surface area contributed by atoms with Gasteiger partial charge in [0.1, 0.15) is 28.8 Å². The molecule has 2 saturated heterocycles. The average molecular weight is 958 g/mol. The monoisotopic (exact) mass is 958 g/mol. The minimum atomic E-state index is -1.27. The Morgan fingerprint density at radius 1 is 1.12 bits per heavy atom. The van der Waals surface area contributed by atoms with Gasteiger partial charge in [-0.05, 0) is 112 Å². The van der Waals surface area contributed by atoms with Crippen molar-refractivity contribution < 1.29 is 38.1 Å². The fourth-order valence-electron chi connectivity index (χ4n) is 9.53. The summed E-state index contributed by atoms with van der Waals surface area (Å²) in [6, 6.07) is 6.99. The molecule has 0 radical (unpaired) electrons. The molecule has 4 aromatic rings. The van der Waals surface area contributed by atoms with Crippen LogP contribution in [0.25, 0.3) is 33.4 Å². The molecule has 68 heavy (non-hydrogen) atoms. The number of nitrogens with one attached hydrogen (secondary N) is 2. The summed E-state index contributed by atoms with van der Waals surface area (Å²) in [6.07, 6.45) is 1.59. The van der Waals surface area contributed by atoms with E-state index in [2.05, 4.69) is 60.3 Å². The van der Waals surface area contributed by atoms with Gasteiger partial charge in [-0.3, -0.25) is 19.6 Å². The van der Waals surface area contributed by atoms with Crippen molar-refractivity contribution in [1.29, 1.82) is 0 Å². The minimum absolute atomic E-state index is 0.123. The Hall–Kier alpha value is -5.14. The second kappa shape index (κ2) is 20.8. The van der Waals surface area contributed by atoms with Gasteiger partial charge in [0.25, 0.3) is 5.91 Å². The van der Waals surface area contributed by atoms with Crippen molar-refractivity contribution in [1.82, 2.24) is 45.0 Å². The summed E-state index contributed by atoms with van der Waals surface area (Å²) >= 11 is 1.36. The van der Waals surface area contributed by atoms with Crippen LogP contribution in [0.2, 0.25) is 0 Å². The van der Waals surface area contributed by atoms with Gasteiger partial charge in [0.05, 0.1) is 36.4 Å². The number of aromatic nitrogens is 3. The van der Waals surface area contributed by atoms with Gasteiger partial charge in [0, 0.05) is 90.9 Å². The maximum Gasteiger partial charge on any atom is 0.410 e. The Balaban J connectivity index is 1.34. The van der Waals surface area contributed by atoms with Gasteiger partial charge >= 0.3 is 18.1 Å². The van der Waals surface area contributed by atoms with Crippen LogP contribution in [0.5, 0.6) is 0 Å². The number of nitrogens with zero attached hydrogens (tertiary/aromatic N) is 7. The van der Waals surface area contributed by atoms with Crippen LogP contribution in [-0.2, 0) is 41.5 Å². The maximum absolute atomic E-state index is 15.1. The number of benzene rings is 1. The van der Waals surface area contributed by atoms with E-state index in [-0.39, 0.29) is 39.0 Å². The molecule has 7 rings (SSSR count). The van der Waals surface area contributed by atoms with Gasteiger partial charge < -0.3 is 43.5 Å². The number of rotatable bonds is 9. The summed E-state index contributed by atoms with van der Waals surface area (Å²) in [4.78, 5) is 72.4. The average Bonchev–Trinajstić information content (AvgIpc) is 3.90. The number of aryl methyl sites for hydroxylation is 1. The number of fused-ring (bicyclic) bond motifs is 6. The van der Waals surface area contributed by atoms with E-state index in [0.29, 0.717) is 43.1 Å². The van der Waals surface area contributed by atoms with Crippen LogP contribution in [0, 0.1) is 5.41 Å². The van der Waals surface area contributed by atoms with Gasteiger partial charge in [-0.25, -0.2) is 20.0 Å². The highest BCUT2D eigenvalue weighted by molar-refractivity contribution is 7.10. The Bertz CT molecular complexity index is 2450. The van der Waals surface area contributed by atoms with Crippen LogP contribution in [0.15, 0.2) is 41.9 Å². The SMILES string of the molecule is CCn1c(-c2cccnc2[C@H](C)OC)c2c3cc(ccc31)-c1csc(n1)[C@@H](OCCN(C)C)[C@H](NC(=O)N1[C@@H](C)CN(C(=O)OC(C)(C)C)C[C@@H]1C)C(=O)N1CCC[C@H](N1)C(=O)OCC(C)(C)C2. The number of hydrazine groups is 1. The molecule has 17 nitrogen and oxygen atoms in total. The Kier molecular flexibility index (Phi) is 15.5. The van der Waals surface area contributed by atoms with Crippen LogP contribution < -0.4 is 10.7 Å². The second-order valence-electron chi connectivity index (χ2n) is 20.5. The number of ether oxygens (including phenoxy) is 4. The van der Waals surface area contributed by atoms with Crippen LogP contribution in [0.1, 0.15) is 104 Å². The third-order valence-corrected chi connectivity index (χ3v) is 13.8. The van der Waals surface area contributed by atoms with Crippen LogP contribution in [0.4, 0.5) is 9.59 Å². The molecule has 3 aromatic heterocycles. The maximum atomic E-state index is 15.1. The lowest BCUT2D eigenvalue weighted by Gasteiger charge is -2.45. The molecule has 3 aliphatic rings. The van der Waals surface area contributed by atoms with Crippen molar-refractivity contribution in [3.05, 3.63) is 58.2 Å². The zero-order valence-corrected chi connectivity index (χ0v) is 42.7. The van der Waals surface area contributed by atoms with Crippen molar-refractivity contribution in [3.8, 4) is 22.5 Å². The number of thiazole rings is 1. The summed E-state index contributed by atoms with van der Waals surface area (Å²) in [5, 5.41) is 8.03. The first-order valence-corrected chi connectivity index (χ1v) is 24.7. The lowest BCUT2D eigenvalue weighted by molar-refractivity contribution is -0.156. The van der Waals surface area contributed by atoms with Crippen molar-refractivity contribution in [2.75, 3.05) is 60.6 Å². The fourth-order valence-corrected chi connectivity index (χ4v) is 10.4. The molecule has 0 unspecified atom stereocenters. The zero-order chi connectivity index (χ0) is 49.2. The van der Waals surface area contributed by atoms with Crippen molar-refractivity contribution >= 4 is 46.2 Å². The molecule has 6 heterocycles. The minimum Gasteiger partial charge on any atom is -0.464 e. The molecule has 0 spiro atoms. The Morgan fingerprint density at radius 3 is 2.53 bits per heavy atom. The standard InChI is InChI=1S/C50H71N9O8S/c1-13-57-39-19-18-33-24-35(39)36(42(57)34-16-14-20-51-40(34)32(4)64-12)25-50(8,9)29-66-46(61)37-17-15-21-58(54-37)45(60)41(43(65-23-22-55(10)11)44-52-38(33)28-68-44)53-47(62)59-30(2)26-56(27-31(59)3)48(63)67-49(5,6)7/h14,16,18-20,24,28,30-32,37,41,43,54H,13,15,17,21-23,25-27,29H2,1-12H3,(H,53,62)/t30-,31-,32-,37-,41-,43-/m0/s1. The molecule has 0 saturated carbocycles. The summed E-state index contributed by atoms with van der Waals surface area (Å²) in [7, 11) is 5.56. The molecule has 18 heteroatoms. The highest BCUT2D eigenvalue weighted by Crippen LogP contribution is 2.42. The number of hydrogen-bond donors (Lipinski definition) is 2. The smallest absolute Gasteiger partial charge is 0.410 e. The van der Waals surface area contributed by atoms with E-state index in [0.717, 1.165) is 39.0 Å². The first-order valence-electron chi connectivity index (χ1n) is 23.9. The molecule has 0 aliphatic carbocycles. The number of piperazine rings is 1. The molecule has 2 N–H and O–H groups in total. The van der Waals surface area contributed by atoms with Crippen LogP contribution in [-0.4, -0.2) is 149 Å². The van der Waals surface area contributed by atoms with Gasteiger partial charge in [0.15, 0.2) is 0 Å². The quantitative estimate of drug-likeness (QED) is 0.162. The van der Waals surface area contributed by atoms with E-state index >= 15 is 4.79 Å². The number of hydrogen-bond acceptors (Lipinski definition) is 13. The van der Waals surface area contributed by atoms with E-state index in [1.807, 2.05) is 72.0 Å². The molecule has 6 bridgehead atoms. The van der Waals surface area contributed by atoms with E-state index in [9.17, 15) is 14.4 Å². The van der Waals surface area contributed by atoms with Crippen LogP contribution >= 0.6 is 11.3 Å². The second-order valence-corrected chi connectivity index (χ2v) is 21.4. The number of amides is 4. The van der Waals surface area contributed by atoms with E-state index in [1.165, 1.54) is 16.3 Å². The lowest BCUT2D eigenvalue weighted by atomic mass is 9.84. The number of likely N-dealkylation sites (N-methyl/N-ethyl adjacent to an activating group) is 1. The number of cyclic esters (lactones) is 1. The first-order chi connectivity index (χ1) is 32.2. The summed E-state index contributed by atoms with van der Waals surface area (Å²) in [5.74, 6) is -0.943. The van der Waals surface area contributed by atoms with Crippen molar-refractivity contribution in [2.45, 2.75) is 130 Å². The lowest BCUT2D eigenvalue weighted by Crippen LogP contribution is -2.66. The summed E-state index contributed by atoms with van der Waals surface area (Å²) in [5.41, 5.74) is 8.51. The van der Waals surface area contributed by atoms with Gasteiger partial charge in [-0.2, -0.15) is 0 Å². The van der Waals surface area contributed by atoms with E-state index < -0.39 is 65.3 Å². The third-order valence-electron chi connectivity index (χ3n) is 12.9. The number of pyridine rings is 1. The largest absolute Gasteiger partial charge is 0.464 e. The van der Waals surface area contributed by atoms with Gasteiger partial charge in [0.2, 0.25) is 0 Å². The van der Waals surface area contributed by atoms with Gasteiger partial charge in [-0.15, -0.1) is 11.3 Å². The highest BCUT2D eigenvalue weighted by Gasteiger charge is 2.43. The van der Waals surface area contributed by atoms with Crippen molar-refractivity contribution in [3.63, 3.8) is 0 Å². The number of carbonyl (C=O) groups is 4. The van der Waals surface area contributed by atoms with Gasteiger partial charge in [-0.1, -0.05) is 19.9 Å². The normalized spacial score (nSPS) is 23.1. The summed E-state index contributed by atoms with van der Waals surface area (Å²) < 4.78 is 26.7. The molecule has 4 amide bonds. The third kappa shape index (κ3) is 11.1. The number of carbonyl (C=O) groups excluding carboxylic acids is 4. The number of methoxy groups -OCH3 is 1. The molecule has 2 fully saturated rings. The predicted octanol–water partition coefficient (Wildman–Crippen LogP) is 7.20. The predicted molar refractivity (Wildman–Crippen MR) is 262 cm³/mol. The molecule has 3 aliphatic heterocycles. The van der Waals surface area contributed by atoms with E-state index in [1.54, 1.807) is 23.1 Å². The molecular formula is C50H71N9O8S. The number of urea groups is 1. The zero-order valence-electron chi connectivity index (χ0n) is 41.9. The summed E-state index contributed by atoms with van der Waals surface area (Å²) in [6.45, 7) is 19.9. The fraction of sp³-hybridized carbons (Fsp3) is 0.600. The molecular weight excluding hydrogens is 887 g/mol. The highest BCUT2D eigenvalue weighted by atomic mass is 32.1. The van der Waals surface area contributed by atoms with Crippen molar-refractivity contribution in [2.24, 2.45) is 5.41 Å². The number of esters is 1. The Labute approximate surface area is 404 Å². The first kappa shape index (κ1) is 50.7. The van der Waals surface area contributed by atoms with E-state index in [4.69, 9.17) is 28.9 Å². The van der Waals surface area contributed by atoms with Crippen LogP contribution in [0.3, 0.4) is 0 Å². The Morgan fingerprint density at radius 2 is 1.85 bits per heavy atom. The topological polar surface area (TPSA) is 173 Å². The molecule has 370 valence electrons. The molecule has 6 atom stereocenters.